The van der Waals surface area contributed by atoms with Crippen LogP contribution in [0.3, 0.4) is 0 Å². The summed E-state index contributed by atoms with van der Waals surface area (Å²) in [5.41, 5.74) is 1.68. The highest BCUT2D eigenvalue weighted by Gasteiger charge is 2.08. The van der Waals surface area contributed by atoms with Gasteiger partial charge < -0.3 is 4.74 Å². The summed E-state index contributed by atoms with van der Waals surface area (Å²) in [6, 6.07) is 0. The summed E-state index contributed by atoms with van der Waals surface area (Å²) in [5, 5.41) is 0. The van der Waals surface area contributed by atoms with Crippen LogP contribution < -0.4 is 0 Å². The van der Waals surface area contributed by atoms with Crippen molar-refractivity contribution in [2.24, 2.45) is 5.41 Å². The summed E-state index contributed by atoms with van der Waals surface area (Å²) in [6.07, 6.45) is 1.06. The van der Waals surface area contributed by atoms with Crippen LogP contribution in [0.15, 0.2) is 0 Å². The van der Waals surface area contributed by atoms with E-state index in [-0.39, 0.29) is 0 Å². The van der Waals surface area contributed by atoms with Crippen LogP contribution in [0.2, 0.25) is 0 Å². The molecule has 0 aliphatic heterocycles. The van der Waals surface area contributed by atoms with Crippen molar-refractivity contribution >= 4 is 17.8 Å². The fraction of sp³-hybridized carbons (Fsp3) is 0.857. The van der Waals surface area contributed by atoms with Gasteiger partial charge in [-0.25, -0.2) is 0 Å². The second kappa shape index (κ2) is 3.83. The predicted octanol–water partition coefficient (Wildman–Crippen LogP) is 2.40. The standard InChI is InChI=1S/C7H14OS/c1-7(2,3)4-5-8-6-9/h6H,4-5H2,1-3H3. The Morgan fingerprint density at radius 2 is 2.00 bits per heavy atom. The lowest BCUT2D eigenvalue weighted by molar-refractivity contribution is 0.246. The number of ether oxygens (including phenoxy) is 1. The molecule has 0 aromatic heterocycles. The van der Waals surface area contributed by atoms with Crippen molar-refractivity contribution in [3.63, 3.8) is 0 Å². The first-order valence-electron chi connectivity index (χ1n) is 3.11. The molecule has 0 radical (unpaired) electrons. The van der Waals surface area contributed by atoms with E-state index in [0.29, 0.717) is 5.41 Å². The van der Waals surface area contributed by atoms with Gasteiger partial charge >= 0.3 is 0 Å². The molecule has 0 atom stereocenters. The molecule has 0 saturated heterocycles. The van der Waals surface area contributed by atoms with E-state index in [0.717, 1.165) is 13.0 Å². The van der Waals surface area contributed by atoms with Crippen molar-refractivity contribution in [3.05, 3.63) is 0 Å². The zero-order valence-corrected chi connectivity index (χ0v) is 7.12. The lowest BCUT2D eigenvalue weighted by Gasteiger charge is -2.16. The van der Waals surface area contributed by atoms with Gasteiger partial charge in [0.15, 0.2) is 0 Å². The molecule has 0 spiro atoms. The maximum absolute atomic E-state index is 4.90. The van der Waals surface area contributed by atoms with Gasteiger partial charge in [-0.15, -0.1) is 0 Å². The number of hydrogen-bond donors (Lipinski definition) is 0. The van der Waals surface area contributed by atoms with E-state index in [4.69, 9.17) is 4.74 Å². The van der Waals surface area contributed by atoms with Gasteiger partial charge in [0.05, 0.1) is 6.61 Å². The largest absolute Gasteiger partial charge is 0.490 e. The van der Waals surface area contributed by atoms with Gasteiger partial charge in [-0.2, -0.15) is 0 Å². The van der Waals surface area contributed by atoms with Crippen LogP contribution in [-0.2, 0) is 4.74 Å². The summed E-state index contributed by atoms with van der Waals surface area (Å²) in [5.74, 6) is 0. The van der Waals surface area contributed by atoms with Crippen molar-refractivity contribution < 1.29 is 4.74 Å². The van der Waals surface area contributed by atoms with Crippen molar-refractivity contribution in [2.75, 3.05) is 6.61 Å². The number of hydrogen-bond acceptors (Lipinski definition) is 2. The maximum Gasteiger partial charge on any atom is 0.146 e. The van der Waals surface area contributed by atoms with E-state index in [2.05, 4.69) is 33.0 Å². The molecular weight excluding hydrogens is 132 g/mol. The lowest BCUT2D eigenvalue weighted by atomic mass is 9.93. The molecule has 0 aliphatic carbocycles. The fourth-order valence-corrected chi connectivity index (χ4v) is 0.509. The summed E-state index contributed by atoms with van der Waals surface area (Å²) in [7, 11) is 0. The molecule has 0 heterocycles. The van der Waals surface area contributed by atoms with Gasteiger partial charge in [-0.05, 0) is 24.1 Å². The Balaban J connectivity index is 3.17. The normalized spacial score (nSPS) is 11.0. The topological polar surface area (TPSA) is 9.23 Å². The molecule has 0 N–H and O–H groups in total. The Hall–Kier alpha value is -0.110. The first-order chi connectivity index (χ1) is 4.06. The SMILES string of the molecule is CC(C)(C)CCOC=S. The lowest BCUT2D eigenvalue weighted by Crippen LogP contribution is -2.08. The Bertz CT molecular complexity index is 83.4. The monoisotopic (exact) mass is 146 g/mol. The van der Waals surface area contributed by atoms with E-state index >= 15 is 0 Å². The molecular formula is C7H14OS. The average molecular weight is 146 g/mol. The van der Waals surface area contributed by atoms with Crippen LogP contribution in [0.4, 0.5) is 0 Å². The van der Waals surface area contributed by atoms with Crippen molar-refractivity contribution in [3.8, 4) is 0 Å². The molecule has 0 aromatic rings. The highest BCUT2D eigenvalue weighted by molar-refractivity contribution is 7.78. The molecule has 54 valence electrons. The average Bonchev–Trinajstić information content (AvgIpc) is 1.63. The van der Waals surface area contributed by atoms with Crippen molar-refractivity contribution in [1.82, 2.24) is 0 Å². The first-order valence-corrected chi connectivity index (χ1v) is 3.59. The van der Waals surface area contributed by atoms with Crippen molar-refractivity contribution in [1.29, 1.82) is 0 Å². The van der Waals surface area contributed by atoms with E-state index in [1.165, 1.54) is 5.55 Å². The van der Waals surface area contributed by atoms with E-state index in [9.17, 15) is 0 Å². The third-order valence-corrected chi connectivity index (χ3v) is 1.17. The van der Waals surface area contributed by atoms with Gasteiger partial charge in [0.2, 0.25) is 0 Å². The molecule has 0 saturated carbocycles. The Labute approximate surface area is 62.4 Å². The molecule has 1 nitrogen and oxygen atoms in total. The number of thiocarbonyl (C=S) groups is 1. The smallest absolute Gasteiger partial charge is 0.146 e. The first kappa shape index (κ1) is 8.89. The van der Waals surface area contributed by atoms with Crippen LogP contribution in [0.1, 0.15) is 27.2 Å². The Morgan fingerprint density at radius 1 is 1.44 bits per heavy atom. The molecule has 2 heteroatoms. The second-order valence-corrected chi connectivity index (χ2v) is 3.47. The van der Waals surface area contributed by atoms with Crippen LogP contribution in [0.25, 0.3) is 0 Å². The summed E-state index contributed by atoms with van der Waals surface area (Å²) < 4.78 is 4.90. The molecule has 0 fully saturated rings. The predicted molar refractivity (Wildman–Crippen MR) is 43.7 cm³/mol. The summed E-state index contributed by atoms with van der Waals surface area (Å²) in [6.45, 7) is 7.28. The third-order valence-electron chi connectivity index (χ3n) is 1.04. The van der Waals surface area contributed by atoms with Gasteiger partial charge in [0.1, 0.15) is 5.55 Å². The Kier molecular flexibility index (Phi) is 3.78. The molecule has 0 bridgehead atoms. The minimum Gasteiger partial charge on any atom is -0.490 e. The molecule has 0 aromatic carbocycles. The summed E-state index contributed by atoms with van der Waals surface area (Å²) >= 11 is 4.49. The molecule has 9 heavy (non-hydrogen) atoms. The maximum atomic E-state index is 4.90. The van der Waals surface area contributed by atoms with Crippen LogP contribution in [0.5, 0.6) is 0 Å². The van der Waals surface area contributed by atoms with Crippen LogP contribution in [0, 0.1) is 5.41 Å². The van der Waals surface area contributed by atoms with Crippen molar-refractivity contribution in [2.45, 2.75) is 27.2 Å². The van der Waals surface area contributed by atoms with E-state index in [1.54, 1.807) is 0 Å². The van der Waals surface area contributed by atoms with Gasteiger partial charge in [0, 0.05) is 0 Å². The quantitative estimate of drug-likeness (QED) is 0.446. The van der Waals surface area contributed by atoms with Gasteiger partial charge in [0.25, 0.3) is 0 Å². The summed E-state index contributed by atoms with van der Waals surface area (Å²) in [4.78, 5) is 0. The zero-order chi connectivity index (χ0) is 7.33. The number of rotatable bonds is 3. The highest BCUT2D eigenvalue weighted by atomic mass is 32.1. The van der Waals surface area contributed by atoms with Crippen LogP contribution in [-0.4, -0.2) is 12.2 Å². The zero-order valence-electron chi connectivity index (χ0n) is 6.31. The van der Waals surface area contributed by atoms with Gasteiger partial charge in [-0.1, -0.05) is 20.8 Å². The molecule has 0 amide bonds. The van der Waals surface area contributed by atoms with Crippen LogP contribution >= 0.6 is 12.2 Å². The highest BCUT2D eigenvalue weighted by Crippen LogP contribution is 2.17. The van der Waals surface area contributed by atoms with Gasteiger partial charge in [-0.3, -0.25) is 0 Å². The van der Waals surface area contributed by atoms with E-state index in [1.807, 2.05) is 0 Å². The minimum absolute atomic E-state index is 0.359. The molecule has 0 aliphatic rings. The molecule has 0 unspecified atom stereocenters. The second-order valence-electron chi connectivity index (χ2n) is 3.28. The third kappa shape index (κ3) is 7.89. The fourth-order valence-electron chi connectivity index (χ4n) is 0.413. The Morgan fingerprint density at radius 3 is 2.33 bits per heavy atom. The molecule has 0 rings (SSSR count). The minimum atomic E-state index is 0.359. The van der Waals surface area contributed by atoms with E-state index < -0.39 is 0 Å².